The first kappa shape index (κ1) is 20.9. The molecule has 0 amide bonds. The van der Waals surface area contributed by atoms with Gasteiger partial charge in [0.15, 0.2) is 0 Å². The first-order chi connectivity index (χ1) is 11.1. The molecule has 24 heavy (non-hydrogen) atoms. The van der Waals surface area contributed by atoms with Crippen LogP contribution in [-0.2, 0) is 21.3 Å². The Morgan fingerprint density at radius 2 is 1.79 bits per heavy atom. The second-order valence-electron chi connectivity index (χ2n) is 7.43. The fourth-order valence-corrected chi connectivity index (χ4v) is 3.11. The van der Waals surface area contributed by atoms with Crippen molar-refractivity contribution in [2.45, 2.75) is 40.5 Å². The van der Waals surface area contributed by atoms with Crippen LogP contribution in [0.2, 0.25) is 0 Å². The van der Waals surface area contributed by atoms with E-state index in [1.54, 1.807) is 0 Å². The second kappa shape index (κ2) is 9.39. The van der Waals surface area contributed by atoms with Crippen LogP contribution < -0.4 is 4.74 Å². The molecule has 0 aromatic heterocycles. The van der Waals surface area contributed by atoms with Crippen LogP contribution in [0.1, 0.15) is 39.7 Å². The van der Waals surface area contributed by atoms with E-state index in [1.807, 2.05) is 18.2 Å². The molecule has 0 aliphatic rings. The van der Waals surface area contributed by atoms with Gasteiger partial charge >= 0.3 is 0 Å². The van der Waals surface area contributed by atoms with E-state index < -0.39 is 15.9 Å². The van der Waals surface area contributed by atoms with Crippen molar-refractivity contribution in [3.05, 3.63) is 29.8 Å². The van der Waals surface area contributed by atoms with E-state index in [0.717, 1.165) is 18.6 Å². The van der Waals surface area contributed by atoms with Gasteiger partial charge in [-0.15, -0.1) is 0 Å². The standard InChI is InChI=1S/C18H30O5S/c1-15(14-18(2,3)4)13-16-7-5-6-8-17(16)23-10-9-22-11-12-24(19,20)21/h5-8,15H,9-14H2,1-4H3,(H,19,20,21). The fourth-order valence-electron chi connectivity index (χ4n) is 2.78. The van der Waals surface area contributed by atoms with Crippen molar-refractivity contribution in [1.82, 2.24) is 0 Å². The Balaban J connectivity index is 2.43. The summed E-state index contributed by atoms with van der Waals surface area (Å²) >= 11 is 0. The van der Waals surface area contributed by atoms with Crippen LogP contribution in [0.15, 0.2) is 24.3 Å². The summed E-state index contributed by atoms with van der Waals surface area (Å²) in [7, 11) is -3.96. The van der Waals surface area contributed by atoms with E-state index in [-0.39, 0.29) is 13.2 Å². The monoisotopic (exact) mass is 358 g/mol. The smallest absolute Gasteiger partial charge is 0.267 e. The number of para-hydroxylation sites is 1. The lowest BCUT2D eigenvalue weighted by atomic mass is 9.83. The molecular weight excluding hydrogens is 328 g/mol. The van der Waals surface area contributed by atoms with Crippen molar-refractivity contribution in [3.8, 4) is 5.75 Å². The molecular formula is C18H30O5S. The molecule has 0 aliphatic heterocycles. The molecule has 1 aromatic carbocycles. The Labute approximate surface area is 146 Å². The molecule has 0 aliphatic carbocycles. The fraction of sp³-hybridized carbons (Fsp3) is 0.667. The van der Waals surface area contributed by atoms with Gasteiger partial charge in [0.1, 0.15) is 12.4 Å². The predicted molar refractivity (Wildman–Crippen MR) is 96.1 cm³/mol. The van der Waals surface area contributed by atoms with Crippen LogP contribution in [-0.4, -0.2) is 38.5 Å². The molecule has 0 radical (unpaired) electrons. The number of hydrogen-bond acceptors (Lipinski definition) is 4. The van der Waals surface area contributed by atoms with Gasteiger partial charge in [-0.3, -0.25) is 4.55 Å². The van der Waals surface area contributed by atoms with E-state index in [2.05, 4.69) is 33.8 Å². The van der Waals surface area contributed by atoms with Crippen molar-refractivity contribution >= 4 is 10.1 Å². The summed E-state index contributed by atoms with van der Waals surface area (Å²) in [4.78, 5) is 0. The zero-order valence-electron chi connectivity index (χ0n) is 15.1. The average Bonchev–Trinajstić information content (AvgIpc) is 2.41. The molecule has 1 rings (SSSR count). The molecule has 0 saturated heterocycles. The minimum atomic E-state index is -3.96. The summed E-state index contributed by atoms with van der Waals surface area (Å²) in [6.07, 6.45) is 2.09. The third-order valence-corrected chi connectivity index (χ3v) is 4.16. The highest BCUT2D eigenvalue weighted by Crippen LogP contribution is 2.29. The minimum absolute atomic E-state index is 0.0353. The number of ether oxygens (including phenoxy) is 2. The van der Waals surface area contributed by atoms with Crippen molar-refractivity contribution < 1.29 is 22.4 Å². The summed E-state index contributed by atoms with van der Waals surface area (Å²) in [5, 5.41) is 0. The number of hydrogen-bond donors (Lipinski definition) is 1. The van der Waals surface area contributed by atoms with Gasteiger partial charge in [0.2, 0.25) is 0 Å². The van der Waals surface area contributed by atoms with Crippen LogP contribution in [0.3, 0.4) is 0 Å². The Kier molecular flexibility index (Phi) is 8.19. The van der Waals surface area contributed by atoms with Crippen LogP contribution >= 0.6 is 0 Å². The molecule has 6 heteroatoms. The lowest BCUT2D eigenvalue weighted by molar-refractivity contribution is 0.110. The lowest BCUT2D eigenvalue weighted by Gasteiger charge is -2.24. The van der Waals surface area contributed by atoms with Crippen LogP contribution in [0.5, 0.6) is 5.75 Å². The van der Waals surface area contributed by atoms with Crippen LogP contribution in [0, 0.1) is 11.3 Å². The minimum Gasteiger partial charge on any atom is -0.491 e. The maximum absolute atomic E-state index is 10.6. The summed E-state index contributed by atoms with van der Waals surface area (Å²) in [5.41, 5.74) is 1.48. The van der Waals surface area contributed by atoms with Gasteiger partial charge in [0.05, 0.1) is 19.0 Å². The topological polar surface area (TPSA) is 72.8 Å². The van der Waals surface area contributed by atoms with Gasteiger partial charge in [0.25, 0.3) is 10.1 Å². The Morgan fingerprint density at radius 1 is 1.12 bits per heavy atom. The van der Waals surface area contributed by atoms with Crippen molar-refractivity contribution in [2.75, 3.05) is 25.6 Å². The van der Waals surface area contributed by atoms with Gasteiger partial charge in [0, 0.05) is 0 Å². The first-order valence-corrected chi connectivity index (χ1v) is 9.91. The first-order valence-electron chi connectivity index (χ1n) is 8.30. The number of rotatable bonds is 10. The van der Waals surface area contributed by atoms with E-state index in [9.17, 15) is 8.42 Å². The molecule has 0 bridgehead atoms. The zero-order valence-corrected chi connectivity index (χ0v) is 15.9. The predicted octanol–water partition coefficient (Wildman–Crippen LogP) is 3.58. The SMILES string of the molecule is CC(Cc1ccccc1OCCOCCS(=O)(=O)O)CC(C)(C)C. The maximum Gasteiger partial charge on any atom is 0.267 e. The van der Waals surface area contributed by atoms with Gasteiger partial charge in [-0.2, -0.15) is 8.42 Å². The summed E-state index contributed by atoms with van der Waals surface area (Å²) in [5.74, 6) is 1.01. The third-order valence-electron chi connectivity index (χ3n) is 3.47. The molecule has 0 saturated carbocycles. The highest BCUT2D eigenvalue weighted by Gasteiger charge is 2.17. The molecule has 1 atom stereocenters. The lowest BCUT2D eigenvalue weighted by Crippen LogP contribution is -2.15. The van der Waals surface area contributed by atoms with Crippen LogP contribution in [0.25, 0.3) is 0 Å². The normalized spacial score (nSPS) is 13.7. The molecule has 1 unspecified atom stereocenters. The summed E-state index contributed by atoms with van der Waals surface area (Å²) in [6.45, 7) is 9.58. The third kappa shape index (κ3) is 9.90. The molecule has 0 heterocycles. The Morgan fingerprint density at radius 3 is 2.42 bits per heavy atom. The Bertz CT molecular complexity index is 590. The quantitative estimate of drug-likeness (QED) is 0.511. The van der Waals surface area contributed by atoms with Crippen molar-refractivity contribution in [2.24, 2.45) is 11.3 Å². The molecule has 138 valence electrons. The van der Waals surface area contributed by atoms with E-state index in [4.69, 9.17) is 14.0 Å². The van der Waals surface area contributed by atoms with Gasteiger partial charge in [-0.1, -0.05) is 45.9 Å². The maximum atomic E-state index is 10.6. The highest BCUT2D eigenvalue weighted by molar-refractivity contribution is 7.85. The molecule has 0 spiro atoms. The molecule has 5 nitrogen and oxygen atoms in total. The largest absolute Gasteiger partial charge is 0.491 e. The number of benzene rings is 1. The van der Waals surface area contributed by atoms with Gasteiger partial charge < -0.3 is 9.47 Å². The molecule has 1 aromatic rings. The average molecular weight is 359 g/mol. The molecule has 1 N–H and O–H groups in total. The van der Waals surface area contributed by atoms with Crippen molar-refractivity contribution in [3.63, 3.8) is 0 Å². The van der Waals surface area contributed by atoms with Gasteiger partial charge in [-0.05, 0) is 35.8 Å². The zero-order chi connectivity index (χ0) is 18.2. The molecule has 0 fully saturated rings. The van der Waals surface area contributed by atoms with Crippen molar-refractivity contribution in [1.29, 1.82) is 0 Å². The second-order valence-corrected chi connectivity index (χ2v) is 9.00. The van der Waals surface area contributed by atoms with E-state index in [1.165, 1.54) is 5.56 Å². The van der Waals surface area contributed by atoms with E-state index in [0.29, 0.717) is 17.9 Å². The summed E-state index contributed by atoms with van der Waals surface area (Å²) < 4.78 is 40.7. The Hall–Kier alpha value is -1.11. The highest BCUT2D eigenvalue weighted by atomic mass is 32.2. The van der Waals surface area contributed by atoms with Crippen LogP contribution in [0.4, 0.5) is 0 Å². The van der Waals surface area contributed by atoms with Gasteiger partial charge in [-0.25, -0.2) is 0 Å². The van der Waals surface area contributed by atoms with E-state index >= 15 is 0 Å². The summed E-state index contributed by atoms with van der Waals surface area (Å²) in [6, 6.07) is 7.96.